The van der Waals surface area contributed by atoms with Gasteiger partial charge in [-0.05, 0) is 50.2 Å². The van der Waals surface area contributed by atoms with Gasteiger partial charge in [-0.3, -0.25) is 0 Å². The van der Waals surface area contributed by atoms with Crippen LogP contribution >= 0.6 is 59.6 Å². The standard InChI is InChI=1S/C14H9Br3N8S/c1-26-14-6(4-18)11(19)21-13-10(12(20)24-25(13)14)23-22-9-7(16)2-5(15)3-8(9)17/h2-3H,1H3,(H2,19,21)(H2,20,24). The Bertz CT molecular complexity index is 1080. The molecule has 1 aromatic carbocycles. The van der Waals surface area contributed by atoms with Crippen molar-refractivity contribution in [3.05, 3.63) is 31.1 Å². The number of nitrogen functional groups attached to an aromatic ring is 2. The zero-order valence-electron chi connectivity index (χ0n) is 13.0. The molecule has 0 aliphatic rings. The van der Waals surface area contributed by atoms with Crippen LogP contribution < -0.4 is 11.5 Å². The van der Waals surface area contributed by atoms with Gasteiger partial charge in [0.15, 0.2) is 17.2 Å². The molecule has 0 fully saturated rings. The van der Waals surface area contributed by atoms with E-state index in [4.69, 9.17) is 11.5 Å². The molecule has 0 unspecified atom stereocenters. The van der Waals surface area contributed by atoms with Crippen molar-refractivity contribution in [2.75, 3.05) is 17.7 Å². The highest BCUT2D eigenvalue weighted by atomic mass is 79.9. The summed E-state index contributed by atoms with van der Waals surface area (Å²) in [4.78, 5) is 4.22. The van der Waals surface area contributed by atoms with Crippen LogP contribution in [0.1, 0.15) is 5.56 Å². The Morgan fingerprint density at radius 3 is 2.31 bits per heavy atom. The third-order valence-electron chi connectivity index (χ3n) is 3.29. The molecule has 26 heavy (non-hydrogen) atoms. The molecule has 0 aliphatic heterocycles. The summed E-state index contributed by atoms with van der Waals surface area (Å²) < 4.78 is 3.81. The van der Waals surface area contributed by atoms with E-state index in [2.05, 4.69) is 68.1 Å². The largest absolute Gasteiger partial charge is 0.382 e. The van der Waals surface area contributed by atoms with Crippen molar-refractivity contribution in [1.29, 1.82) is 5.26 Å². The van der Waals surface area contributed by atoms with E-state index < -0.39 is 0 Å². The summed E-state index contributed by atoms with van der Waals surface area (Å²) in [7, 11) is 0. The van der Waals surface area contributed by atoms with Gasteiger partial charge in [-0.1, -0.05) is 15.9 Å². The van der Waals surface area contributed by atoms with E-state index in [1.54, 1.807) is 0 Å². The summed E-state index contributed by atoms with van der Waals surface area (Å²) in [6.45, 7) is 0. The Morgan fingerprint density at radius 1 is 1.12 bits per heavy atom. The van der Waals surface area contributed by atoms with Crippen LogP contribution in [-0.4, -0.2) is 20.9 Å². The molecule has 2 heterocycles. The zero-order valence-corrected chi connectivity index (χ0v) is 18.6. The van der Waals surface area contributed by atoms with Crippen LogP contribution in [0.25, 0.3) is 5.65 Å². The van der Waals surface area contributed by atoms with Gasteiger partial charge in [-0.2, -0.15) is 5.26 Å². The minimum absolute atomic E-state index is 0.0895. The van der Waals surface area contributed by atoms with Crippen molar-refractivity contribution in [2.45, 2.75) is 5.03 Å². The van der Waals surface area contributed by atoms with Gasteiger partial charge < -0.3 is 11.5 Å². The van der Waals surface area contributed by atoms with E-state index in [0.29, 0.717) is 16.4 Å². The van der Waals surface area contributed by atoms with Crippen molar-refractivity contribution >= 4 is 88.2 Å². The summed E-state index contributed by atoms with van der Waals surface area (Å²) >= 11 is 11.6. The molecule has 132 valence electrons. The summed E-state index contributed by atoms with van der Waals surface area (Å²) in [6.07, 6.45) is 1.81. The number of rotatable bonds is 3. The molecule has 8 nitrogen and oxygen atoms in total. The third-order valence-corrected chi connectivity index (χ3v) is 5.72. The molecule has 0 amide bonds. The van der Waals surface area contributed by atoms with Crippen molar-refractivity contribution in [1.82, 2.24) is 14.6 Å². The molecule has 0 spiro atoms. The lowest BCUT2D eigenvalue weighted by molar-refractivity contribution is 0.845. The number of nitrogens with two attached hydrogens (primary N) is 2. The van der Waals surface area contributed by atoms with E-state index in [0.717, 1.165) is 13.4 Å². The number of halogens is 3. The lowest BCUT2D eigenvalue weighted by Crippen LogP contribution is -2.04. The molecule has 0 saturated heterocycles. The van der Waals surface area contributed by atoms with E-state index in [1.807, 2.05) is 24.5 Å². The van der Waals surface area contributed by atoms with Crippen molar-refractivity contribution in [2.24, 2.45) is 10.2 Å². The number of hydrogen-bond acceptors (Lipinski definition) is 8. The monoisotopic (exact) mass is 558 g/mol. The quantitative estimate of drug-likeness (QED) is 0.257. The molecule has 2 aromatic heterocycles. The summed E-state index contributed by atoms with van der Waals surface area (Å²) in [5, 5.41) is 22.5. The maximum Gasteiger partial charge on any atom is 0.188 e. The third kappa shape index (κ3) is 3.32. The smallest absolute Gasteiger partial charge is 0.188 e. The zero-order chi connectivity index (χ0) is 19.0. The molecular weight excluding hydrogens is 552 g/mol. The second-order valence-corrected chi connectivity index (χ2v) is 8.30. The second kappa shape index (κ2) is 7.51. The Balaban J connectivity index is 2.20. The first-order valence-corrected chi connectivity index (χ1v) is 10.5. The number of nitrogens with zero attached hydrogens (tertiary/aromatic N) is 6. The molecule has 0 atom stereocenters. The summed E-state index contributed by atoms with van der Waals surface area (Å²) in [6, 6.07) is 5.73. The van der Waals surface area contributed by atoms with Gasteiger partial charge >= 0.3 is 0 Å². The highest BCUT2D eigenvalue weighted by molar-refractivity contribution is 9.11. The highest BCUT2D eigenvalue weighted by Gasteiger charge is 2.20. The van der Waals surface area contributed by atoms with Crippen molar-refractivity contribution < 1.29 is 0 Å². The fourth-order valence-corrected chi connectivity index (χ4v) is 5.24. The first-order chi connectivity index (χ1) is 12.4. The molecule has 0 bridgehead atoms. The van der Waals surface area contributed by atoms with Crippen molar-refractivity contribution in [3.63, 3.8) is 0 Å². The van der Waals surface area contributed by atoms with E-state index in [9.17, 15) is 5.26 Å². The van der Waals surface area contributed by atoms with Crippen LogP contribution in [-0.2, 0) is 0 Å². The molecule has 0 radical (unpaired) electrons. The van der Waals surface area contributed by atoms with Crippen LogP contribution in [0, 0.1) is 11.3 Å². The summed E-state index contributed by atoms with van der Waals surface area (Å²) in [5.74, 6) is 0.224. The first-order valence-electron chi connectivity index (χ1n) is 6.85. The van der Waals surface area contributed by atoms with E-state index in [1.165, 1.54) is 16.3 Å². The number of hydrogen-bond donors (Lipinski definition) is 2. The van der Waals surface area contributed by atoms with Gasteiger partial charge in [0.2, 0.25) is 0 Å². The SMILES string of the molecule is CSc1c(C#N)c(N)nc2c(N=Nc3c(Br)cc(Br)cc3Br)c(N)nn12. The van der Waals surface area contributed by atoms with Crippen LogP contribution in [0.3, 0.4) is 0 Å². The molecule has 4 N–H and O–H groups in total. The average Bonchev–Trinajstić information content (AvgIpc) is 2.88. The lowest BCUT2D eigenvalue weighted by atomic mass is 10.3. The van der Waals surface area contributed by atoms with Crippen LogP contribution in [0.4, 0.5) is 23.0 Å². The van der Waals surface area contributed by atoms with Crippen LogP contribution in [0.5, 0.6) is 0 Å². The fraction of sp³-hybridized carbons (Fsp3) is 0.0714. The Morgan fingerprint density at radius 2 is 1.73 bits per heavy atom. The highest BCUT2D eigenvalue weighted by Crippen LogP contribution is 2.39. The Labute approximate surface area is 177 Å². The molecule has 3 rings (SSSR count). The number of fused-ring (bicyclic) bond motifs is 1. The maximum atomic E-state index is 9.29. The van der Waals surface area contributed by atoms with Gasteiger partial charge in [-0.15, -0.1) is 27.1 Å². The molecule has 12 heteroatoms. The van der Waals surface area contributed by atoms with Crippen LogP contribution in [0.2, 0.25) is 0 Å². The fourth-order valence-electron chi connectivity index (χ4n) is 2.16. The maximum absolute atomic E-state index is 9.29. The summed E-state index contributed by atoms with van der Waals surface area (Å²) in [5.41, 5.74) is 13.3. The van der Waals surface area contributed by atoms with Crippen molar-refractivity contribution in [3.8, 4) is 6.07 Å². The second-order valence-electron chi connectivity index (χ2n) is 4.88. The lowest BCUT2D eigenvalue weighted by Gasteiger charge is -2.05. The number of thioether (sulfide) groups is 1. The normalized spacial score (nSPS) is 11.3. The molecular formula is C14H9Br3N8S. The van der Waals surface area contributed by atoms with Gasteiger partial charge in [0.05, 0.1) is 0 Å². The predicted octanol–water partition coefficient (Wildman–Crippen LogP) is 5.19. The molecule has 0 aliphatic carbocycles. The minimum atomic E-state index is 0.0895. The average molecular weight is 561 g/mol. The minimum Gasteiger partial charge on any atom is -0.382 e. The molecule has 0 saturated carbocycles. The number of anilines is 2. The predicted molar refractivity (Wildman–Crippen MR) is 112 cm³/mol. The number of benzene rings is 1. The van der Waals surface area contributed by atoms with Gasteiger partial charge in [0.25, 0.3) is 0 Å². The first kappa shape index (κ1) is 19.1. The van der Waals surface area contributed by atoms with Crippen LogP contribution in [0.15, 0.2) is 40.8 Å². The number of aromatic nitrogens is 3. The van der Waals surface area contributed by atoms with Gasteiger partial charge in [0, 0.05) is 13.4 Å². The van der Waals surface area contributed by atoms with E-state index >= 15 is 0 Å². The van der Waals surface area contributed by atoms with Gasteiger partial charge in [-0.25, -0.2) is 9.50 Å². The van der Waals surface area contributed by atoms with E-state index in [-0.39, 0.29) is 22.9 Å². The number of azo groups is 1. The molecule has 3 aromatic rings. The topological polar surface area (TPSA) is 131 Å². The Kier molecular flexibility index (Phi) is 5.52. The van der Waals surface area contributed by atoms with Gasteiger partial charge in [0.1, 0.15) is 28.2 Å². The Hall–Kier alpha value is -1.68. The number of nitriles is 1.